The van der Waals surface area contributed by atoms with Gasteiger partial charge in [-0.1, -0.05) is 13.0 Å². The van der Waals surface area contributed by atoms with Crippen LogP contribution in [0.1, 0.15) is 34.8 Å². The number of amides is 1. The number of nitrogens with one attached hydrogen (secondary N) is 2. The zero-order chi connectivity index (χ0) is 15.1. The highest BCUT2D eigenvalue weighted by Gasteiger charge is 2.11. The molecular formula is C17H21N3O. The van der Waals surface area contributed by atoms with Gasteiger partial charge in [-0.25, -0.2) is 0 Å². The Balaban J connectivity index is 2.07. The molecular weight excluding hydrogens is 262 g/mol. The van der Waals surface area contributed by atoms with Crippen molar-refractivity contribution in [1.29, 1.82) is 0 Å². The van der Waals surface area contributed by atoms with E-state index in [-0.39, 0.29) is 5.91 Å². The Morgan fingerprint density at radius 2 is 1.95 bits per heavy atom. The SMILES string of the molecule is CCCNc1cc(C)ccc1C(=O)NCc1ccncc1. The van der Waals surface area contributed by atoms with Gasteiger partial charge in [0.25, 0.3) is 5.91 Å². The predicted molar refractivity (Wildman–Crippen MR) is 85.4 cm³/mol. The van der Waals surface area contributed by atoms with Gasteiger partial charge in [-0.05, 0) is 48.7 Å². The van der Waals surface area contributed by atoms with Crippen LogP contribution in [-0.2, 0) is 6.54 Å². The fourth-order valence-corrected chi connectivity index (χ4v) is 2.04. The van der Waals surface area contributed by atoms with Gasteiger partial charge in [-0.15, -0.1) is 0 Å². The summed E-state index contributed by atoms with van der Waals surface area (Å²) in [5.41, 5.74) is 3.75. The van der Waals surface area contributed by atoms with Gasteiger partial charge in [0.05, 0.1) is 5.56 Å². The summed E-state index contributed by atoms with van der Waals surface area (Å²) in [5, 5.41) is 6.26. The molecule has 2 N–H and O–H groups in total. The molecule has 4 nitrogen and oxygen atoms in total. The van der Waals surface area contributed by atoms with E-state index >= 15 is 0 Å². The van der Waals surface area contributed by atoms with Gasteiger partial charge in [-0.2, -0.15) is 0 Å². The lowest BCUT2D eigenvalue weighted by Crippen LogP contribution is -2.24. The number of hydrogen-bond donors (Lipinski definition) is 2. The van der Waals surface area contributed by atoms with E-state index in [9.17, 15) is 4.79 Å². The molecule has 0 aliphatic rings. The molecule has 0 radical (unpaired) electrons. The molecule has 0 unspecified atom stereocenters. The third-order valence-corrected chi connectivity index (χ3v) is 3.19. The van der Waals surface area contributed by atoms with Gasteiger partial charge in [0.15, 0.2) is 0 Å². The Morgan fingerprint density at radius 1 is 1.19 bits per heavy atom. The largest absolute Gasteiger partial charge is 0.384 e. The number of rotatable bonds is 6. The van der Waals surface area contributed by atoms with Crippen molar-refractivity contribution in [2.45, 2.75) is 26.8 Å². The van der Waals surface area contributed by atoms with Gasteiger partial charge >= 0.3 is 0 Å². The molecule has 0 aliphatic carbocycles. The van der Waals surface area contributed by atoms with Crippen molar-refractivity contribution in [3.8, 4) is 0 Å². The molecule has 0 fully saturated rings. The molecule has 21 heavy (non-hydrogen) atoms. The molecule has 4 heteroatoms. The minimum atomic E-state index is -0.0644. The highest BCUT2D eigenvalue weighted by Crippen LogP contribution is 2.17. The van der Waals surface area contributed by atoms with Gasteiger partial charge in [0, 0.05) is 31.2 Å². The molecule has 0 saturated carbocycles. The van der Waals surface area contributed by atoms with E-state index in [0.29, 0.717) is 12.1 Å². The second-order valence-corrected chi connectivity index (χ2v) is 5.01. The van der Waals surface area contributed by atoms with Crippen molar-refractivity contribution in [2.24, 2.45) is 0 Å². The summed E-state index contributed by atoms with van der Waals surface area (Å²) in [6.45, 7) is 5.48. The van der Waals surface area contributed by atoms with Crippen molar-refractivity contribution in [3.63, 3.8) is 0 Å². The van der Waals surface area contributed by atoms with Crippen LogP contribution in [0.15, 0.2) is 42.7 Å². The van der Waals surface area contributed by atoms with Gasteiger partial charge < -0.3 is 10.6 Å². The number of benzene rings is 1. The lowest BCUT2D eigenvalue weighted by atomic mass is 10.1. The van der Waals surface area contributed by atoms with Gasteiger partial charge in [0.2, 0.25) is 0 Å². The molecule has 1 aromatic heterocycles. The standard InChI is InChI=1S/C17H21N3O/c1-3-8-19-16-11-13(2)4-5-15(16)17(21)20-12-14-6-9-18-10-7-14/h4-7,9-11,19H,3,8,12H2,1-2H3,(H,20,21). The van der Waals surface area contributed by atoms with E-state index in [1.165, 1.54) is 0 Å². The van der Waals surface area contributed by atoms with Crippen LogP contribution in [-0.4, -0.2) is 17.4 Å². The first-order valence-corrected chi connectivity index (χ1v) is 7.22. The maximum atomic E-state index is 12.3. The highest BCUT2D eigenvalue weighted by molar-refractivity contribution is 5.99. The summed E-state index contributed by atoms with van der Waals surface area (Å²) < 4.78 is 0. The average molecular weight is 283 g/mol. The van der Waals surface area contributed by atoms with Crippen LogP contribution in [0, 0.1) is 6.92 Å². The summed E-state index contributed by atoms with van der Waals surface area (Å²) >= 11 is 0. The van der Waals surface area contributed by atoms with Crippen LogP contribution < -0.4 is 10.6 Å². The number of anilines is 1. The minimum absolute atomic E-state index is 0.0644. The van der Waals surface area contributed by atoms with Gasteiger partial charge in [0.1, 0.15) is 0 Å². The Bertz CT molecular complexity index is 596. The number of nitrogens with zero attached hydrogens (tertiary/aromatic N) is 1. The predicted octanol–water partition coefficient (Wildman–Crippen LogP) is 3.14. The van der Waals surface area contributed by atoms with Gasteiger partial charge in [-0.3, -0.25) is 9.78 Å². The first kappa shape index (κ1) is 15.0. The topological polar surface area (TPSA) is 54.0 Å². The van der Waals surface area contributed by atoms with E-state index in [1.807, 2.05) is 37.3 Å². The second kappa shape index (κ2) is 7.43. The third-order valence-electron chi connectivity index (χ3n) is 3.19. The molecule has 2 rings (SSSR count). The summed E-state index contributed by atoms with van der Waals surface area (Å²) in [5.74, 6) is -0.0644. The van der Waals surface area contributed by atoms with Crippen LogP contribution >= 0.6 is 0 Å². The highest BCUT2D eigenvalue weighted by atomic mass is 16.1. The molecule has 0 saturated heterocycles. The summed E-state index contributed by atoms with van der Waals surface area (Å²) in [6.07, 6.45) is 4.47. The van der Waals surface area contributed by atoms with E-state index < -0.39 is 0 Å². The molecule has 0 spiro atoms. The van der Waals surface area contributed by atoms with E-state index in [4.69, 9.17) is 0 Å². The number of carbonyl (C=O) groups excluding carboxylic acids is 1. The number of aromatic nitrogens is 1. The number of hydrogen-bond acceptors (Lipinski definition) is 3. The zero-order valence-electron chi connectivity index (χ0n) is 12.5. The lowest BCUT2D eigenvalue weighted by Gasteiger charge is -2.12. The molecule has 1 heterocycles. The van der Waals surface area contributed by atoms with Crippen molar-refractivity contribution in [1.82, 2.24) is 10.3 Å². The van der Waals surface area contributed by atoms with Crippen molar-refractivity contribution in [3.05, 3.63) is 59.4 Å². The quantitative estimate of drug-likeness (QED) is 0.856. The Hall–Kier alpha value is -2.36. The van der Waals surface area contributed by atoms with Crippen LogP contribution in [0.3, 0.4) is 0 Å². The number of pyridine rings is 1. The molecule has 2 aromatic rings. The molecule has 0 aliphatic heterocycles. The molecule has 0 bridgehead atoms. The monoisotopic (exact) mass is 283 g/mol. The fraction of sp³-hybridized carbons (Fsp3) is 0.294. The summed E-state index contributed by atoms with van der Waals surface area (Å²) in [6, 6.07) is 9.63. The van der Waals surface area contributed by atoms with Crippen LogP contribution in [0.5, 0.6) is 0 Å². The van der Waals surface area contributed by atoms with Crippen molar-refractivity contribution in [2.75, 3.05) is 11.9 Å². The Morgan fingerprint density at radius 3 is 2.67 bits per heavy atom. The van der Waals surface area contributed by atoms with E-state index in [2.05, 4.69) is 22.5 Å². The Labute approximate surface area is 125 Å². The number of aryl methyl sites for hydroxylation is 1. The maximum Gasteiger partial charge on any atom is 0.253 e. The molecule has 1 amide bonds. The van der Waals surface area contributed by atoms with Crippen molar-refractivity contribution >= 4 is 11.6 Å². The lowest BCUT2D eigenvalue weighted by molar-refractivity contribution is 0.0951. The summed E-state index contributed by atoms with van der Waals surface area (Å²) in [7, 11) is 0. The average Bonchev–Trinajstić information content (AvgIpc) is 2.51. The zero-order valence-corrected chi connectivity index (χ0v) is 12.5. The molecule has 110 valence electrons. The summed E-state index contributed by atoms with van der Waals surface area (Å²) in [4.78, 5) is 16.3. The third kappa shape index (κ3) is 4.31. The minimum Gasteiger partial charge on any atom is -0.384 e. The second-order valence-electron chi connectivity index (χ2n) is 5.01. The first-order valence-electron chi connectivity index (χ1n) is 7.22. The van der Waals surface area contributed by atoms with Crippen LogP contribution in [0.4, 0.5) is 5.69 Å². The normalized spacial score (nSPS) is 10.2. The Kier molecular flexibility index (Phi) is 5.32. The van der Waals surface area contributed by atoms with Crippen LogP contribution in [0.2, 0.25) is 0 Å². The first-order chi connectivity index (χ1) is 10.2. The van der Waals surface area contributed by atoms with E-state index in [1.54, 1.807) is 12.4 Å². The van der Waals surface area contributed by atoms with Crippen molar-refractivity contribution < 1.29 is 4.79 Å². The fourth-order valence-electron chi connectivity index (χ4n) is 2.04. The number of carbonyl (C=O) groups is 1. The smallest absolute Gasteiger partial charge is 0.253 e. The maximum absolute atomic E-state index is 12.3. The molecule has 1 aromatic carbocycles. The van der Waals surface area contributed by atoms with Crippen LogP contribution in [0.25, 0.3) is 0 Å². The van der Waals surface area contributed by atoms with E-state index in [0.717, 1.165) is 29.8 Å². The molecule has 0 atom stereocenters.